The molecule has 3 rings (SSSR count). The molecule has 2 aromatic carbocycles. The summed E-state index contributed by atoms with van der Waals surface area (Å²) in [6, 6.07) is 7.82. The molecule has 1 N–H and O–H groups in total. The van der Waals surface area contributed by atoms with Crippen molar-refractivity contribution in [3.05, 3.63) is 57.9 Å². The number of rotatable bonds is 8. The van der Waals surface area contributed by atoms with E-state index in [0.29, 0.717) is 23.5 Å². The lowest BCUT2D eigenvalue weighted by atomic mass is 9.83. The van der Waals surface area contributed by atoms with E-state index in [2.05, 4.69) is 40.7 Å². The number of amidine groups is 1. The molecule has 6 heteroatoms. The molecule has 0 radical (unpaired) electrons. The summed E-state index contributed by atoms with van der Waals surface area (Å²) in [6.45, 7) is 18.6. The van der Waals surface area contributed by atoms with E-state index in [1.54, 1.807) is 17.9 Å². The van der Waals surface area contributed by atoms with Crippen LogP contribution in [0, 0.1) is 11.2 Å². The second-order valence-corrected chi connectivity index (χ2v) is 11.0. The molecule has 0 unspecified atom stereocenters. The average molecular weight is 483 g/mol. The molecule has 0 aliphatic carbocycles. The normalized spacial score (nSPS) is 14.9. The third-order valence-corrected chi connectivity index (χ3v) is 6.73. The fourth-order valence-corrected chi connectivity index (χ4v) is 4.51. The number of carbonyl (C=O) groups is 1. The van der Waals surface area contributed by atoms with Crippen LogP contribution in [0.3, 0.4) is 0 Å². The lowest BCUT2D eigenvalue weighted by Gasteiger charge is -2.33. The molecule has 0 bridgehead atoms. The Morgan fingerprint density at radius 2 is 1.71 bits per heavy atom. The highest BCUT2D eigenvalue weighted by Crippen LogP contribution is 2.46. The maximum Gasteiger partial charge on any atom is 0.197 e. The largest absolute Gasteiger partial charge is 0.490 e. The Labute approximate surface area is 209 Å². The minimum absolute atomic E-state index is 0.0151. The predicted molar refractivity (Wildman–Crippen MR) is 139 cm³/mol. The molecule has 35 heavy (non-hydrogen) atoms. The number of hydrogen-bond acceptors (Lipinski definition) is 4. The summed E-state index contributed by atoms with van der Waals surface area (Å²) in [5.41, 5.74) is 2.72. The molecule has 1 aliphatic rings. The molecule has 1 heterocycles. The minimum Gasteiger partial charge on any atom is -0.490 e. The van der Waals surface area contributed by atoms with Gasteiger partial charge in [0, 0.05) is 5.56 Å². The van der Waals surface area contributed by atoms with Crippen molar-refractivity contribution in [2.24, 2.45) is 0 Å². The van der Waals surface area contributed by atoms with Crippen LogP contribution >= 0.6 is 0 Å². The molecular weight excluding hydrogens is 443 g/mol. The molecule has 5 nitrogen and oxygen atoms in total. The SMILES string of the molecule is CCOc1cc2c(c(F)c1OCC)C(=N)N(CC(=O)c1cc(C(C)C)cc(C(C)(C)C)c1)C2(C)C. The molecule has 0 spiro atoms. The maximum atomic E-state index is 15.6. The van der Waals surface area contributed by atoms with Gasteiger partial charge in [-0.1, -0.05) is 40.7 Å². The quantitative estimate of drug-likeness (QED) is 0.420. The molecule has 1 aliphatic heterocycles. The lowest BCUT2D eigenvalue weighted by molar-refractivity contribution is 0.0920. The predicted octanol–water partition coefficient (Wildman–Crippen LogP) is 6.80. The van der Waals surface area contributed by atoms with Gasteiger partial charge in [-0.3, -0.25) is 10.2 Å². The Morgan fingerprint density at radius 3 is 2.26 bits per heavy atom. The van der Waals surface area contributed by atoms with Gasteiger partial charge in [-0.25, -0.2) is 4.39 Å². The van der Waals surface area contributed by atoms with Gasteiger partial charge in [-0.05, 0) is 73.9 Å². The summed E-state index contributed by atoms with van der Waals surface area (Å²) in [5, 5.41) is 8.83. The first-order valence-corrected chi connectivity index (χ1v) is 12.4. The van der Waals surface area contributed by atoms with Crippen molar-refractivity contribution >= 4 is 11.6 Å². The number of hydrogen-bond donors (Lipinski definition) is 1. The van der Waals surface area contributed by atoms with Crippen LogP contribution in [0.4, 0.5) is 4.39 Å². The van der Waals surface area contributed by atoms with Crippen molar-refractivity contribution in [3.8, 4) is 11.5 Å². The van der Waals surface area contributed by atoms with Crippen LogP contribution in [0.5, 0.6) is 11.5 Å². The number of nitrogens with zero attached hydrogens (tertiary/aromatic N) is 1. The van der Waals surface area contributed by atoms with Gasteiger partial charge in [-0.2, -0.15) is 0 Å². The van der Waals surface area contributed by atoms with Crippen molar-refractivity contribution in [1.29, 1.82) is 5.41 Å². The Bertz CT molecular complexity index is 1150. The minimum atomic E-state index is -0.776. The number of ketones is 1. The zero-order valence-corrected chi connectivity index (χ0v) is 22.6. The van der Waals surface area contributed by atoms with E-state index in [-0.39, 0.29) is 47.4 Å². The van der Waals surface area contributed by atoms with Crippen LogP contribution in [0.25, 0.3) is 0 Å². The van der Waals surface area contributed by atoms with E-state index >= 15 is 4.39 Å². The second-order valence-electron chi connectivity index (χ2n) is 11.0. The van der Waals surface area contributed by atoms with Crippen LogP contribution in [0.15, 0.2) is 24.3 Å². The fraction of sp³-hybridized carbons (Fsp3) is 0.517. The third kappa shape index (κ3) is 4.93. The summed E-state index contributed by atoms with van der Waals surface area (Å²) in [7, 11) is 0. The lowest BCUT2D eigenvalue weighted by Crippen LogP contribution is -2.42. The number of carbonyl (C=O) groups excluding carboxylic acids is 1. The molecule has 2 aromatic rings. The summed E-state index contributed by atoms with van der Waals surface area (Å²) < 4.78 is 26.9. The summed E-state index contributed by atoms with van der Waals surface area (Å²) in [5.74, 6) is -0.120. The van der Waals surface area contributed by atoms with Gasteiger partial charge >= 0.3 is 0 Å². The zero-order valence-electron chi connectivity index (χ0n) is 22.6. The van der Waals surface area contributed by atoms with Crippen molar-refractivity contribution in [1.82, 2.24) is 4.90 Å². The highest BCUT2D eigenvalue weighted by atomic mass is 19.1. The molecule has 190 valence electrons. The van der Waals surface area contributed by atoms with E-state index in [1.807, 2.05) is 32.9 Å². The molecule has 0 atom stereocenters. The Kier molecular flexibility index (Phi) is 7.35. The smallest absolute Gasteiger partial charge is 0.197 e. The van der Waals surface area contributed by atoms with E-state index in [0.717, 1.165) is 11.1 Å². The van der Waals surface area contributed by atoms with Gasteiger partial charge in [0.2, 0.25) is 0 Å². The summed E-state index contributed by atoms with van der Waals surface area (Å²) >= 11 is 0. The first-order valence-electron chi connectivity index (χ1n) is 12.4. The number of fused-ring (bicyclic) bond motifs is 1. The monoisotopic (exact) mass is 482 g/mol. The number of Topliss-reactive ketones (excluding diaryl/α,β-unsaturated/α-hetero) is 1. The van der Waals surface area contributed by atoms with E-state index in [9.17, 15) is 4.79 Å². The van der Waals surface area contributed by atoms with Gasteiger partial charge < -0.3 is 14.4 Å². The van der Waals surface area contributed by atoms with Gasteiger partial charge in [0.05, 0.1) is 30.9 Å². The van der Waals surface area contributed by atoms with Crippen molar-refractivity contribution in [2.75, 3.05) is 19.8 Å². The topological polar surface area (TPSA) is 62.6 Å². The third-order valence-electron chi connectivity index (χ3n) is 6.73. The first-order chi connectivity index (χ1) is 16.2. The van der Waals surface area contributed by atoms with Crippen molar-refractivity contribution in [2.45, 2.75) is 79.2 Å². The van der Waals surface area contributed by atoms with Crippen LogP contribution in [0.1, 0.15) is 101 Å². The van der Waals surface area contributed by atoms with Crippen LogP contribution in [-0.2, 0) is 11.0 Å². The van der Waals surface area contributed by atoms with Crippen LogP contribution < -0.4 is 9.47 Å². The molecule has 0 saturated heterocycles. The highest BCUT2D eigenvalue weighted by molar-refractivity contribution is 6.07. The van der Waals surface area contributed by atoms with E-state index in [1.165, 1.54) is 0 Å². The Balaban J connectivity index is 2.04. The molecule has 0 saturated carbocycles. The zero-order chi connectivity index (χ0) is 26.3. The molecule has 0 amide bonds. The van der Waals surface area contributed by atoms with Gasteiger partial charge in [0.15, 0.2) is 23.1 Å². The highest BCUT2D eigenvalue weighted by Gasteiger charge is 2.45. The maximum absolute atomic E-state index is 15.6. The van der Waals surface area contributed by atoms with Crippen LogP contribution in [-0.4, -0.2) is 36.3 Å². The Hall–Kier alpha value is -2.89. The van der Waals surface area contributed by atoms with Crippen LogP contribution in [0.2, 0.25) is 0 Å². The van der Waals surface area contributed by atoms with E-state index < -0.39 is 11.4 Å². The number of halogens is 1. The average Bonchev–Trinajstić information content (AvgIpc) is 2.95. The van der Waals surface area contributed by atoms with Gasteiger partial charge in [0.1, 0.15) is 5.84 Å². The molecule has 0 aromatic heterocycles. The summed E-state index contributed by atoms with van der Waals surface area (Å²) in [4.78, 5) is 15.3. The second kappa shape index (κ2) is 9.63. The number of ether oxygens (including phenoxy) is 2. The standard InChI is InChI=1S/C29H39FN2O3/c1-10-34-23-15-21-24(25(30)26(23)35-11-2)27(31)32(29(21,8)9)16-22(33)19-12-18(17(3)4)13-20(14-19)28(5,6)7/h12-15,17,31H,10-11,16H2,1-9H3. The Morgan fingerprint density at radius 1 is 1.09 bits per heavy atom. The summed E-state index contributed by atoms with van der Waals surface area (Å²) in [6.07, 6.45) is 0. The number of nitrogens with one attached hydrogen (secondary N) is 1. The van der Waals surface area contributed by atoms with Crippen molar-refractivity contribution < 1.29 is 18.7 Å². The van der Waals surface area contributed by atoms with Gasteiger partial charge in [-0.15, -0.1) is 0 Å². The van der Waals surface area contributed by atoms with Crippen molar-refractivity contribution in [3.63, 3.8) is 0 Å². The fourth-order valence-electron chi connectivity index (χ4n) is 4.51. The molecule has 0 fully saturated rings. The number of benzene rings is 2. The van der Waals surface area contributed by atoms with E-state index in [4.69, 9.17) is 14.9 Å². The molecular formula is C29H39FN2O3. The first kappa shape index (κ1) is 26.7. The van der Waals surface area contributed by atoms with Gasteiger partial charge in [0.25, 0.3) is 0 Å².